The van der Waals surface area contributed by atoms with Gasteiger partial charge in [-0.1, -0.05) is 13.8 Å². The van der Waals surface area contributed by atoms with Gasteiger partial charge in [-0.3, -0.25) is 9.59 Å². The first kappa shape index (κ1) is 19.1. The van der Waals surface area contributed by atoms with E-state index in [-0.39, 0.29) is 11.3 Å². The standard InChI is InChI=1S/C25H27N3O2/c1-4-27(5-2)14-15-28-20-9-6-16-17(8-11-22(16)29)23(20)24-18-12-13-26(3)25(30)19(18)7-10-21(24)28/h6-7,9-10,12-13H,4-5,8,11,14-15H2,1-3H3. The lowest BCUT2D eigenvalue weighted by atomic mass is 9.99. The van der Waals surface area contributed by atoms with Crippen LogP contribution in [0.1, 0.15) is 36.2 Å². The topological polar surface area (TPSA) is 47.2 Å². The van der Waals surface area contributed by atoms with Gasteiger partial charge in [0, 0.05) is 65.5 Å². The molecule has 154 valence electrons. The van der Waals surface area contributed by atoms with Crippen molar-refractivity contribution in [1.29, 1.82) is 0 Å². The fourth-order valence-corrected chi connectivity index (χ4v) is 5.08. The van der Waals surface area contributed by atoms with Crippen molar-refractivity contribution in [2.24, 2.45) is 7.05 Å². The first-order valence-corrected chi connectivity index (χ1v) is 10.9. The lowest BCUT2D eigenvalue weighted by Gasteiger charge is -2.19. The van der Waals surface area contributed by atoms with Crippen LogP contribution in [-0.4, -0.2) is 39.5 Å². The molecule has 1 aliphatic rings. The molecule has 0 spiro atoms. The number of carbonyl (C=O) groups is 1. The molecule has 5 heteroatoms. The molecule has 2 heterocycles. The zero-order chi connectivity index (χ0) is 21.0. The zero-order valence-electron chi connectivity index (χ0n) is 17.9. The molecule has 1 aliphatic carbocycles. The van der Waals surface area contributed by atoms with Crippen LogP contribution < -0.4 is 5.56 Å². The molecule has 30 heavy (non-hydrogen) atoms. The molecule has 0 atom stereocenters. The molecule has 0 saturated carbocycles. The van der Waals surface area contributed by atoms with Gasteiger partial charge >= 0.3 is 0 Å². The molecule has 0 saturated heterocycles. The monoisotopic (exact) mass is 401 g/mol. The molecular formula is C25H27N3O2. The number of rotatable bonds is 5. The minimum atomic E-state index is 0.0158. The fraction of sp³-hybridized carbons (Fsp3) is 0.360. The molecule has 5 nitrogen and oxygen atoms in total. The van der Waals surface area contributed by atoms with E-state index in [0.717, 1.165) is 70.8 Å². The second-order valence-electron chi connectivity index (χ2n) is 8.24. The summed E-state index contributed by atoms with van der Waals surface area (Å²) in [7, 11) is 1.79. The molecule has 0 unspecified atom stereocenters. The summed E-state index contributed by atoms with van der Waals surface area (Å²) >= 11 is 0. The van der Waals surface area contributed by atoms with E-state index in [1.54, 1.807) is 11.6 Å². The van der Waals surface area contributed by atoms with Gasteiger partial charge in [0.25, 0.3) is 5.56 Å². The number of hydrogen-bond donors (Lipinski definition) is 0. The van der Waals surface area contributed by atoms with E-state index < -0.39 is 0 Å². The van der Waals surface area contributed by atoms with Crippen LogP contribution in [0.2, 0.25) is 0 Å². The van der Waals surface area contributed by atoms with Crippen LogP contribution >= 0.6 is 0 Å². The zero-order valence-corrected chi connectivity index (χ0v) is 17.9. The Bertz CT molecular complexity index is 1370. The lowest BCUT2D eigenvalue weighted by Crippen LogP contribution is -2.27. The van der Waals surface area contributed by atoms with Gasteiger partial charge in [-0.05, 0) is 60.8 Å². The normalized spacial score (nSPS) is 13.9. The Kier molecular flexibility index (Phi) is 4.51. The Balaban J connectivity index is 1.88. The highest BCUT2D eigenvalue weighted by Crippen LogP contribution is 2.39. The van der Waals surface area contributed by atoms with E-state index in [9.17, 15) is 9.59 Å². The summed E-state index contributed by atoms with van der Waals surface area (Å²) in [4.78, 5) is 27.7. The number of pyridine rings is 1. The molecule has 0 N–H and O–H groups in total. The number of ketones is 1. The second-order valence-corrected chi connectivity index (χ2v) is 8.24. The van der Waals surface area contributed by atoms with E-state index in [0.29, 0.717) is 6.42 Å². The van der Waals surface area contributed by atoms with Crippen LogP contribution in [-0.2, 0) is 20.0 Å². The maximum absolute atomic E-state index is 12.8. The van der Waals surface area contributed by atoms with Gasteiger partial charge in [0.05, 0.1) is 0 Å². The Morgan fingerprint density at radius 2 is 1.63 bits per heavy atom. The molecular weight excluding hydrogens is 374 g/mol. The Morgan fingerprint density at radius 1 is 0.900 bits per heavy atom. The average molecular weight is 402 g/mol. The van der Waals surface area contributed by atoms with Crippen molar-refractivity contribution in [3.05, 3.63) is 58.0 Å². The summed E-state index contributed by atoms with van der Waals surface area (Å²) in [6.07, 6.45) is 3.20. The molecule has 5 rings (SSSR count). The van der Waals surface area contributed by atoms with E-state index in [1.807, 2.05) is 24.4 Å². The number of carbonyl (C=O) groups excluding carboxylic acids is 1. The van der Waals surface area contributed by atoms with Gasteiger partial charge in [0.15, 0.2) is 5.78 Å². The summed E-state index contributed by atoms with van der Waals surface area (Å²) in [6.45, 7) is 8.28. The highest BCUT2D eigenvalue weighted by molar-refractivity contribution is 6.23. The number of hydrogen-bond acceptors (Lipinski definition) is 3. The number of likely N-dealkylation sites (N-methyl/N-ethyl adjacent to an activating group) is 1. The summed E-state index contributed by atoms with van der Waals surface area (Å²) < 4.78 is 4.00. The van der Waals surface area contributed by atoms with Crippen molar-refractivity contribution < 1.29 is 4.79 Å². The Morgan fingerprint density at radius 3 is 2.40 bits per heavy atom. The third-order valence-electron chi connectivity index (χ3n) is 6.80. The summed E-state index contributed by atoms with van der Waals surface area (Å²) in [6, 6.07) is 10.2. The van der Waals surface area contributed by atoms with Crippen molar-refractivity contribution in [3.8, 4) is 0 Å². The van der Waals surface area contributed by atoms with Crippen LogP contribution in [0.5, 0.6) is 0 Å². The van der Waals surface area contributed by atoms with Gasteiger partial charge in [-0.15, -0.1) is 0 Å². The molecule has 2 aromatic carbocycles. The highest BCUT2D eigenvalue weighted by atomic mass is 16.1. The summed E-state index contributed by atoms with van der Waals surface area (Å²) in [5.41, 5.74) is 4.33. The van der Waals surface area contributed by atoms with E-state index >= 15 is 0 Å². The molecule has 0 amide bonds. The predicted molar refractivity (Wildman–Crippen MR) is 123 cm³/mol. The largest absolute Gasteiger partial charge is 0.339 e. The molecule has 0 bridgehead atoms. The van der Waals surface area contributed by atoms with Crippen molar-refractivity contribution in [1.82, 2.24) is 14.0 Å². The number of benzene rings is 2. The minimum Gasteiger partial charge on any atom is -0.339 e. The van der Waals surface area contributed by atoms with Crippen LogP contribution in [0.25, 0.3) is 32.6 Å². The minimum absolute atomic E-state index is 0.0158. The maximum Gasteiger partial charge on any atom is 0.258 e. The Labute approximate surface area is 175 Å². The lowest BCUT2D eigenvalue weighted by molar-refractivity contribution is 0.0994. The van der Waals surface area contributed by atoms with Gasteiger partial charge in [0.2, 0.25) is 0 Å². The van der Waals surface area contributed by atoms with Gasteiger partial charge in [-0.25, -0.2) is 0 Å². The number of aromatic nitrogens is 2. The van der Waals surface area contributed by atoms with Crippen LogP contribution in [0, 0.1) is 0 Å². The van der Waals surface area contributed by atoms with Gasteiger partial charge in [0.1, 0.15) is 0 Å². The van der Waals surface area contributed by atoms with Gasteiger partial charge < -0.3 is 14.0 Å². The molecule has 0 aliphatic heterocycles. The molecule has 0 fully saturated rings. The first-order chi connectivity index (χ1) is 14.5. The maximum atomic E-state index is 12.8. The first-order valence-electron chi connectivity index (χ1n) is 10.9. The van der Waals surface area contributed by atoms with Crippen molar-refractivity contribution in [2.45, 2.75) is 33.2 Å². The van der Waals surface area contributed by atoms with E-state index in [2.05, 4.69) is 35.4 Å². The third kappa shape index (κ3) is 2.65. The quantitative estimate of drug-likeness (QED) is 0.505. The summed E-state index contributed by atoms with van der Waals surface area (Å²) in [5.74, 6) is 0.229. The van der Waals surface area contributed by atoms with Crippen molar-refractivity contribution in [2.75, 3.05) is 19.6 Å². The highest BCUT2D eigenvalue weighted by Gasteiger charge is 2.26. The smallest absolute Gasteiger partial charge is 0.258 e. The molecule has 2 aromatic heterocycles. The van der Waals surface area contributed by atoms with Crippen LogP contribution in [0.3, 0.4) is 0 Å². The van der Waals surface area contributed by atoms with E-state index in [1.165, 1.54) is 5.52 Å². The van der Waals surface area contributed by atoms with Gasteiger partial charge in [-0.2, -0.15) is 0 Å². The average Bonchev–Trinajstić information content (AvgIpc) is 3.29. The number of aryl methyl sites for hydroxylation is 2. The number of fused-ring (bicyclic) bond motifs is 7. The van der Waals surface area contributed by atoms with Crippen LogP contribution in [0.4, 0.5) is 0 Å². The molecule has 4 aromatic rings. The molecule has 0 radical (unpaired) electrons. The summed E-state index contributed by atoms with van der Waals surface area (Å²) in [5, 5.41) is 3.99. The van der Waals surface area contributed by atoms with Crippen molar-refractivity contribution in [3.63, 3.8) is 0 Å². The van der Waals surface area contributed by atoms with E-state index in [4.69, 9.17) is 0 Å². The fourth-order valence-electron chi connectivity index (χ4n) is 5.08. The predicted octanol–water partition coefficient (Wildman–Crippen LogP) is 4.12. The second kappa shape index (κ2) is 7.10. The third-order valence-corrected chi connectivity index (χ3v) is 6.80. The SMILES string of the molecule is CCN(CC)CCn1c2ccc3c(c2c2c4ccn(C)c(=O)c4ccc21)CCC3=O. The number of Topliss-reactive ketones (excluding diaryl/α,β-unsaturated/α-hetero) is 1. The number of nitrogens with zero attached hydrogens (tertiary/aromatic N) is 3. The van der Waals surface area contributed by atoms with Crippen LogP contribution in [0.15, 0.2) is 41.3 Å². The van der Waals surface area contributed by atoms with Crippen molar-refractivity contribution >= 4 is 38.4 Å². The Hall–Kier alpha value is -2.92.